The summed E-state index contributed by atoms with van der Waals surface area (Å²) in [6.07, 6.45) is -0.969. The second-order valence-electron chi connectivity index (χ2n) is 5.77. The summed E-state index contributed by atoms with van der Waals surface area (Å²) in [6, 6.07) is -3.67. The maximum absolute atomic E-state index is 12.0. The summed E-state index contributed by atoms with van der Waals surface area (Å²) in [4.78, 5) is 34.4. The molecule has 12 nitrogen and oxygen atoms in total. The number of aliphatic hydroxyl groups is 2. The van der Waals surface area contributed by atoms with Gasteiger partial charge in [0.2, 0.25) is 17.7 Å². The predicted molar refractivity (Wildman–Crippen MR) is 87.3 cm³/mol. The van der Waals surface area contributed by atoms with Crippen molar-refractivity contribution in [3.8, 4) is 0 Å². The predicted octanol–water partition coefficient (Wildman–Crippen LogP) is -1.99. The Morgan fingerprint density at radius 2 is 1.85 bits per heavy atom. The van der Waals surface area contributed by atoms with Gasteiger partial charge in [-0.2, -0.15) is 0 Å². The van der Waals surface area contributed by atoms with Crippen LogP contribution >= 0.6 is 0 Å². The summed E-state index contributed by atoms with van der Waals surface area (Å²) in [5, 5.41) is 30.8. The Bertz CT molecular complexity index is 633. The number of aliphatic hydroxyl groups excluding tert-OH is 2. The molecule has 0 aliphatic rings. The van der Waals surface area contributed by atoms with Crippen LogP contribution in [0.3, 0.4) is 0 Å². The number of rotatable bonds is 10. The van der Waals surface area contributed by atoms with Crippen molar-refractivity contribution in [3.05, 3.63) is 11.8 Å². The maximum atomic E-state index is 12.0. The highest BCUT2D eigenvalue weighted by atomic mass is 16.4. The van der Waals surface area contributed by atoms with Crippen LogP contribution in [0.25, 0.3) is 0 Å². The molecule has 1 aromatic heterocycles. The van der Waals surface area contributed by atoms with Crippen molar-refractivity contribution in [2.75, 3.05) is 6.61 Å². The minimum absolute atomic E-state index is 0.0433. The quantitative estimate of drug-likeness (QED) is 0.268. The van der Waals surface area contributed by atoms with Gasteiger partial charge in [-0.25, -0.2) is 4.79 Å². The van der Waals surface area contributed by atoms with E-state index in [9.17, 15) is 19.5 Å². The van der Waals surface area contributed by atoms with Crippen molar-refractivity contribution in [3.63, 3.8) is 0 Å². The Morgan fingerprint density at radius 3 is 2.35 bits per heavy atom. The van der Waals surface area contributed by atoms with Gasteiger partial charge in [-0.3, -0.25) is 9.59 Å². The van der Waals surface area contributed by atoms with Crippen molar-refractivity contribution >= 4 is 17.7 Å². The van der Waals surface area contributed by atoms with Crippen LogP contribution in [0, 0.1) is 0 Å². The minimum Gasteiger partial charge on any atom is -0.421 e. The second kappa shape index (κ2) is 9.79. The number of aromatic nitrogens is 2. The first-order valence-electron chi connectivity index (χ1n) is 7.89. The Kier molecular flexibility index (Phi) is 8.09. The molecule has 3 amide bonds. The Hall–Kier alpha value is -2.57. The molecule has 1 aromatic rings. The molecule has 0 aliphatic heterocycles. The minimum atomic E-state index is -1.08. The van der Waals surface area contributed by atoms with Gasteiger partial charge >= 0.3 is 6.03 Å². The molecule has 4 atom stereocenters. The molecule has 1 heterocycles. The largest absolute Gasteiger partial charge is 0.421 e. The number of amides is 3. The topological polar surface area (TPSA) is 207 Å². The maximum Gasteiger partial charge on any atom is 0.316 e. The fourth-order valence-corrected chi connectivity index (χ4v) is 1.91. The van der Waals surface area contributed by atoms with Gasteiger partial charge < -0.3 is 36.7 Å². The highest BCUT2D eigenvalue weighted by Gasteiger charge is 2.26. The molecule has 1 rings (SSSR count). The number of urea groups is 1. The molecule has 1 unspecified atom stereocenters. The van der Waals surface area contributed by atoms with Gasteiger partial charge in [-0.15, -0.1) is 10.2 Å². The van der Waals surface area contributed by atoms with Gasteiger partial charge in [0.15, 0.2) is 5.78 Å². The van der Waals surface area contributed by atoms with Crippen LogP contribution in [0.1, 0.15) is 50.6 Å². The zero-order chi connectivity index (χ0) is 19.9. The molecule has 0 radical (unpaired) electrons. The monoisotopic (exact) mass is 372 g/mol. The third-order valence-electron chi connectivity index (χ3n) is 3.52. The van der Waals surface area contributed by atoms with E-state index in [0.29, 0.717) is 0 Å². The summed E-state index contributed by atoms with van der Waals surface area (Å²) in [6.45, 7) is 2.09. The molecule has 0 bridgehead atoms. The first kappa shape index (κ1) is 21.5. The SMILES string of the molecule is CC(=O)[C@H](CO)NC(=O)N[C@@H](CCC(N)=O)c1nnc([C@@H](N)C(C)O)o1. The van der Waals surface area contributed by atoms with Crippen LogP contribution in [0.15, 0.2) is 4.42 Å². The first-order chi connectivity index (χ1) is 12.1. The van der Waals surface area contributed by atoms with Crippen molar-refractivity contribution in [1.29, 1.82) is 0 Å². The molecule has 0 aromatic carbocycles. The molecule has 0 fully saturated rings. The summed E-state index contributed by atoms with van der Waals surface area (Å²) >= 11 is 0. The van der Waals surface area contributed by atoms with Gasteiger partial charge in [-0.05, 0) is 20.3 Å². The van der Waals surface area contributed by atoms with Crippen molar-refractivity contribution in [1.82, 2.24) is 20.8 Å². The van der Waals surface area contributed by atoms with E-state index in [1.54, 1.807) is 0 Å². The average molecular weight is 372 g/mol. The lowest BCUT2D eigenvalue weighted by Gasteiger charge is -2.18. The number of hydrogen-bond acceptors (Lipinski definition) is 9. The number of Topliss-reactive ketones (excluding diaryl/α,β-unsaturated/α-hetero) is 1. The zero-order valence-corrected chi connectivity index (χ0v) is 14.5. The van der Waals surface area contributed by atoms with Crippen LogP contribution in [0.4, 0.5) is 4.79 Å². The van der Waals surface area contributed by atoms with E-state index in [-0.39, 0.29) is 24.6 Å². The van der Waals surface area contributed by atoms with E-state index in [2.05, 4.69) is 20.8 Å². The number of primary amides is 1. The van der Waals surface area contributed by atoms with Gasteiger partial charge in [0.1, 0.15) is 18.1 Å². The lowest BCUT2D eigenvalue weighted by Crippen LogP contribution is -2.48. The lowest BCUT2D eigenvalue weighted by atomic mass is 10.1. The van der Waals surface area contributed by atoms with Crippen LogP contribution in [-0.2, 0) is 9.59 Å². The van der Waals surface area contributed by atoms with E-state index >= 15 is 0 Å². The van der Waals surface area contributed by atoms with E-state index in [4.69, 9.17) is 21.0 Å². The van der Waals surface area contributed by atoms with Gasteiger partial charge in [0, 0.05) is 6.42 Å². The van der Waals surface area contributed by atoms with Crippen LogP contribution in [-0.4, -0.2) is 56.9 Å². The van der Waals surface area contributed by atoms with Gasteiger partial charge in [0.25, 0.3) is 0 Å². The third-order valence-corrected chi connectivity index (χ3v) is 3.52. The highest BCUT2D eigenvalue weighted by molar-refractivity contribution is 5.87. The molecule has 26 heavy (non-hydrogen) atoms. The number of nitrogens with two attached hydrogens (primary N) is 2. The van der Waals surface area contributed by atoms with Crippen molar-refractivity contribution < 1.29 is 29.0 Å². The first-order valence-corrected chi connectivity index (χ1v) is 7.89. The molecule has 8 N–H and O–H groups in total. The molecule has 12 heteroatoms. The molecular weight excluding hydrogens is 348 g/mol. The van der Waals surface area contributed by atoms with E-state index in [1.807, 2.05) is 0 Å². The number of nitrogens with zero attached hydrogens (tertiary/aromatic N) is 2. The van der Waals surface area contributed by atoms with E-state index in [1.165, 1.54) is 13.8 Å². The van der Waals surface area contributed by atoms with Gasteiger partial charge in [0.05, 0.1) is 12.7 Å². The second-order valence-corrected chi connectivity index (χ2v) is 5.77. The van der Waals surface area contributed by atoms with E-state index in [0.717, 1.165) is 0 Å². The normalized spacial score (nSPS) is 15.6. The summed E-state index contributed by atoms with van der Waals surface area (Å²) in [5.41, 5.74) is 10.8. The van der Waals surface area contributed by atoms with Crippen molar-refractivity contribution in [2.24, 2.45) is 11.5 Å². The Labute approximate surface area is 149 Å². The third kappa shape index (κ3) is 6.38. The highest BCUT2D eigenvalue weighted by Crippen LogP contribution is 2.20. The van der Waals surface area contributed by atoms with Crippen LogP contribution in [0.2, 0.25) is 0 Å². The molecule has 0 aliphatic carbocycles. The Morgan fingerprint density at radius 1 is 1.23 bits per heavy atom. The number of ketones is 1. The summed E-state index contributed by atoms with van der Waals surface area (Å²) in [7, 11) is 0. The summed E-state index contributed by atoms with van der Waals surface area (Å²) in [5.74, 6) is -1.12. The number of carbonyl (C=O) groups is 3. The Balaban J connectivity index is 2.89. The van der Waals surface area contributed by atoms with E-state index < -0.39 is 48.6 Å². The number of hydrogen-bond donors (Lipinski definition) is 6. The fourth-order valence-electron chi connectivity index (χ4n) is 1.91. The molecular formula is C14H24N6O6. The molecule has 0 spiro atoms. The molecule has 0 saturated carbocycles. The molecule has 0 saturated heterocycles. The van der Waals surface area contributed by atoms with Crippen molar-refractivity contribution in [2.45, 2.75) is 50.9 Å². The average Bonchev–Trinajstić information content (AvgIpc) is 3.04. The van der Waals surface area contributed by atoms with Gasteiger partial charge in [-0.1, -0.05) is 0 Å². The number of carbonyl (C=O) groups excluding carboxylic acids is 3. The smallest absolute Gasteiger partial charge is 0.316 e. The fraction of sp³-hybridized carbons (Fsp3) is 0.643. The molecule has 146 valence electrons. The van der Waals surface area contributed by atoms with Crippen LogP contribution < -0.4 is 22.1 Å². The number of nitrogens with one attached hydrogen (secondary N) is 2. The zero-order valence-electron chi connectivity index (χ0n) is 14.5. The van der Waals surface area contributed by atoms with Crippen LogP contribution in [0.5, 0.6) is 0 Å². The summed E-state index contributed by atoms with van der Waals surface area (Å²) < 4.78 is 5.36. The lowest BCUT2D eigenvalue weighted by molar-refractivity contribution is -0.119. The standard InChI is InChI=1S/C14H24N6O6/c1-6(22)9(5-21)18-14(25)17-8(3-4-10(15)24)12-19-20-13(26-12)11(16)7(2)23/h7-9,11,21,23H,3-5,16H2,1-2H3,(H2,15,24)(H2,17,18,25)/t7?,8-,9-,11-/m0/s1.